The molecule has 1 fully saturated rings. The predicted octanol–water partition coefficient (Wildman–Crippen LogP) is 3.98. The first-order valence-corrected chi connectivity index (χ1v) is 8.20. The van der Waals surface area contributed by atoms with Gasteiger partial charge >= 0.3 is 0 Å². The maximum absolute atomic E-state index is 12.7. The van der Waals surface area contributed by atoms with Gasteiger partial charge in [-0.25, -0.2) is 0 Å². The van der Waals surface area contributed by atoms with Gasteiger partial charge < -0.3 is 10.1 Å². The average molecular weight is 320 g/mol. The van der Waals surface area contributed by atoms with Crippen molar-refractivity contribution in [3.05, 3.63) is 33.9 Å². The lowest BCUT2D eigenvalue weighted by atomic mass is 9.85. The van der Waals surface area contributed by atoms with Crippen LogP contribution in [0.2, 0.25) is 5.02 Å². The van der Waals surface area contributed by atoms with Crippen LogP contribution in [-0.4, -0.2) is 18.6 Å². The van der Waals surface area contributed by atoms with E-state index in [1.54, 1.807) is 13.2 Å². The monoisotopic (exact) mass is 319 g/mol. The first kappa shape index (κ1) is 15.4. The second kappa shape index (κ2) is 5.31. The van der Waals surface area contributed by atoms with Gasteiger partial charge in [0.15, 0.2) is 0 Å². The minimum atomic E-state index is -0.220. The highest BCUT2D eigenvalue weighted by molar-refractivity contribution is 6.31. The molecule has 1 saturated carbocycles. The van der Waals surface area contributed by atoms with Gasteiger partial charge in [-0.3, -0.25) is 4.79 Å². The largest absolute Gasteiger partial charge is 0.496 e. The van der Waals surface area contributed by atoms with Gasteiger partial charge in [0.05, 0.1) is 18.2 Å². The Morgan fingerprint density at radius 2 is 2.09 bits per heavy atom. The molecule has 1 amide bonds. The molecule has 1 atom stereocenters. The van der Waals surface area contributed by atoms with E-state index in [4.69, 9.17) is 16.3 Å². The van der Waals surface area contributed by atoms with Gasteiger partial charge in [-0.2, -0.15) is 0 Å². The highest BCUT2D eigenvalue weighted by atomic mass is 35.5. The smallest absolute Gasteiger partial charge is 0.252 e. The first-order valence-electron chi connectivity index (χ1n) is 7.83. The standard InChI is InChI=1S/C18H22ClNO2/c1-5-11-8-13(19)9-14(22-4)16(11)15-10(2)18(3,12-6-7-12)20-17(15)21/h8-9,12H,5-7H2,1-4H3,(H,20,21). The van der Waals surface area contributed by atoms with Crippen LogP contribution < -0.4 is 10.1 Å². The van der Waals surface area contributed by atoms with Gasteiger partial charge in [0.1, 0.15) is 5.75 Å². The summed E-state index contributed by atoms with van der Waals surface area (Å²) in [6, 6.07) is 3.72. The van der Waals surface area contributed by atoms with Crippen LogP contribution in [0.3, 0.4) is 0 Å². The van der Waals surface area contributed by atoms with Gasteiger partial charge in [-0.05, 0) is 62.3 Å². The fourth-order valence-corrected chi connectivity index (χ4v) is 3.78. The van der Waals surface area contributed by atoms with Gasteiger partial charge in [0.2, 0.25) is 0 Å². The van der Waals surface area contributed by atoms with Crippen LogP contribution in [0.4, 0.5) is 0 Å². The molecule has 1 aromatic carbocycles. The number of hydrogen-bond donors (Lipinski definition) is 1. The zero-order valence-corrected chi connectivity index (χ0v) is 14.3. The van der Waals surface area contributed by atoms with Crippen molar-refractivity contribution in [1.82, 2.24) is 5.32 Å². The summed E-state index contributed by atoms with van der Waals surface area (Å²) in [4.78, 5) is 12.7. The molecule has 1 aliphatic carbocycles. The quantitative estimate of drug-likeness (QED) is 0.911. The van der Waals surface area contributed by atoms with E-state index < -0.39 is 0 Å². The summed E-state index contributed by atoms with van der Waals surface area (Å²) in [6.07, 6.45) is 3.16. The van der Waals surface area contributed by atoms with Crippen molar-refractivity contribution in [2.45, 2.75) is 45.6 Å². The molecule has 1 aromatic rings. The number of nitrogens with one attached hydrogen (secondary N) is 1. The third-order valence-electron chi connectivity index (χ3n) is 5.15. The van der Waals surface area contributed by atoms with E-state index in [1.165, 1.54) is 12.8 Å². The van der Waals surface area contributed by atoms with Gasteiger partial charge in [0.25, 0.3) is 5.91 Å². The normalized spacial score (nSPS) is 24.7. The summed E-state index contributed by atoms with van der Waals surface area (Å²) < 4.78 is 5.52. The summed E-state index contributed by atoms with van der Waals surface area (Å²) in [5.74, 6) is 1.23. The Morgan fingerprint density at radius 1 is 1.41 bits per heavy atom. The molecule has 0 spiro atoms. The Morgan fingerprint density at radius 3 is 2.64 bits per heavy atom. The Bertz CT molecular complexity index is 651. The molecule has 0 radical (unpaired) electrons. The lowest BCUT2D eigenvalue weighted by molar-refractivity contribution is -0.116. The second-order valence-electron chi connectivity index (χ2n) is 6.43. The number of hydrogen-bond acceptors (Lipinski definition) is 2. The SMILES string of the molecule is CCc1cc(Cl)cc(OC)c1C1=C(C)C(C)(C2CC2)NC1=O. The summed E-state index contributed by atoms with van der Waals surface area (Å²) >= 11 is 6.18. The van der Waals surface area contributed by atoms with Crippen molar-refractivity contribution in [1.29, 1.82) is 0 Å². The molecule has 22 heavy (non-hydrogen) atoms. The molecule has 3 rings (SSSR count). The summed E-state index contributed by atoms with van der Waals surface area (Å²) in [5.41, 5.74) is 3.61. The van der Waals surface area contributed by atoms with Crippen LogP contribution in [0.5, 0.6) is 5.75 Å². The Balaban J connectivity index is 2.22. The fourth-order valence-electron chi connectivity index (χ4n) is 3.55. The van der Waals surface area contributed by atoms with Crippen LogP contribution in [0.1, 0.15) is 44.7 Å². The zero-order valence-electron chi connectivity index (χ0n) is 13.5. The molecular formula is C18H22ClNO2. The van der Waals surface area contributed by atoms with Crippen LogP contribution in [0.25, 0.3) is 5.57 Å². The van der Waals surface area contributed by atoms with Crippen molar-refractivity contribution >= 4 is 23.1 Å². The topological polar surface area (TPSA) is 38.3 Å². The van der Waals surface area contributed by atoms with E-state index in [0.29, 0.717) is 16.7 Å². The number of amides is 1. The van der Waals surface area contributed by atoms with Crippen LogP contribution in [-0.2, 0) is 11.2 Å². The predicted molar refractivity (Wildman–Crippen MR) is 89.2 cm³/mol. The minimum Gasteiger partial charge on any atom is -0.496 e. The molecule has 0 bridgehead atoms. The second-order valence-corrected chi connectivity index (χ2v) is 6.86. The Hall–Kier alpha value is -1.48. The number of carbonyl (C=O) groups excluding carboxylic acids is 1. The molecule has 1 N–H and O–H groups in total. The molecule has 0 aromatic heterocycles. The van der Waals surface area contributed by atoms with Gasteiger partial charge in [-0.15, -0.1) is 0 Å². The van der Waals surface area contributed by atoms with Crippen molar-refractivity contribution in [2.24, 2.45) is 5.92 Å². The van der Waals surface area contributed by atoms with E-state index in [9.17, 15) is 4.79 Å². The van der Waals surface area contributed by atoms with E-state index >= 15 is 0 Å². The Labute approximate surface area is 136 Å². The minimum absolute atomic E-state index is 0.00206. The molecular weight excluding hydrogens is 298 g/mol. The maximum atomic E-state index is 12.7. The molecule has 118 valence electrons. The van der Waals surface area contributed by atoms with E-state index in [2.05, 4.69) is 26.1 Å². The third-order valence-corrected chi connectivity index (χ3v) is 5.37. The lowest BCUT2D eigenvalue weighted by Crippen LogP contribution is -2.43. The van der Waals surface area contributed by atoms with E-state index in [0.717, 1.165) is 28.7 Å². The zero-order chi connectivity index (χ0) is 16.1. The summed E-state index contributed by atoms with van der Waals surface area (Å²) in [7, 11) is 1.62. The van der Waals surface area contributed by atoms with Crippen molar-refractivity contribution in [3.8, 4) is 5.75 Å². The number of ether oxygens (including phenoxy) is 1. The molecule has 2 aliphatic rings. The first-order chi connectivity index (χ1) is 10.4. The van der Waals surface area contributed by atoms with Crippen LogP contribution in [0.15, 0.2) is 17.7 Å². The number of benzene rings is 1. The van der Waals surface area contributed by atoms with E-state index in [-0.39, 0.29) is 11.4 Å². The number of methoxy groups -OCH3 is 1. The highest BCUT2D eigenvalue weighted by Crippen LogP contribution is 2.49. The van der Waals surface area contributed by atoms with Gasteiger partial charge in [0, 0.05) is 10.6 Å². The number of carbonyl (C=O) groups is 1. The van der Waals surface area contributed by atoms with Crippen molar-refractivity contribution in [3.63, 3.8) is 0 Å². The van der Waals surface area contributed by atoms with Crippen molar-refractivity contribution < 1.29 is 9.53 Å². The van der Waals surface area contributed by atoms with E-state index in [1.807, 2.05) is 6.07 Å². The fraction of sp³-hybridized carbons (Fsp3) is 0.500. The molecule has 0 saturated heterocycles. The van der Waals surface area contributed by atoms with Crippen molar-refractivity contribution in [2.75, 3.05) is 7.11 Å². The van der Waals surface area contributed by atoms with Crippen LogP contribution >= 0.6 is 11.6 Å². The third kappa shape index (κ3) is 2.23. The number of rotatable bonds is 4. The number of halogens is 1. The van der Waals surface area contributed by atoms with Gasteiger partial charge in [-0.1, -0.05) is 18.5 Å². The maximum Gasteiger partial charge on any atom is 0.252 e. The lowest BCUT2D eigenvalue weighted by Gasteiger charge is -2.26. The molecule has 1 aliphatic heterocycles. The molecule has 3 nitrogen and oxygen atoms in total. The molecule has 4 heteroatoms. The summed E-state index contributed by atoms with van der Waals surface area (Å²) in [6.45, 7) is 6.27. The van der Waals surface area contributed by atoms with Crippen LogP contribution in [0, 0.1) is 5.92 Å². The highest BCUT2D eigenvalue weighted by Gasteiger charge is 2.49. The molecule has 1 unspecified atom stereocenters. The summed E-state index contributed by atoms with van der Waals surface area (Å²) in [5, 5.41) is 3.84. The molecule has 1 heterocycles. The number of aryl methyl sites for hydroxylation is 1. The Kier molecular flexibility index (Phi) is 3.72. The average Bonchev–Trinajstić information content (AvgIpc) is 3.29.